The molecule has 9 heteroatoms. The van der Waals surface area contributed by atoms with Crippen LogP contribution in [0.4, 0.5) is 23.7 Å². The summed E-state index contributed by atoms with van der Waals surface area (Å²) < 4.78 is 42.0. The monoisotopic (exact) mass is 478 g/mol. The van der Waals surface area contributed by atoms with Gasteiger partial charge in [0.15, 0.2) is 6.04 Å². The van der Waals surface area contributed by atoms with Gasteiger partial charge in [-0.05, 0) is 29.7 Å². The fraction of sp³-hybridized carbons (Fsp3) is 0.500. The molecule has 0 bridgehead atoms. The van der Waals surface area contributed by atoms with Gasteiger partial charge in [-0.2, -0.15) is 24.9 Å². The third-order valence-electron chi connectivity index (χ3n) is 6.69. The first kappa shape index (κ1) is 23.7. The lowest BCUT2D eigenvalue weighted by atomic mass is 9.83. The summed E-state index contributed by atoms with van der Waals surface area (Å²) in [6.45, 7) is 5.23. The van der Waals surface area contributed by atoms with E-state index in [9.17, 15) is 18.0 Å². The molecule has 1 aliphatic heterocycles. The summed E-state index contributed by atoms with van der Waals surface area (Å²) in [7, 11) is 1.20. The fourth-order valence-corrected chi connectivity index (χ4v) is 5.65. The van der Waals surface area contributed by atoms with E-state index in [4.69, 9.17) is 0 Å². The number of benzene rings is 1. The quantitative estimate of drug-likeness (QED) is 0.664. The predicted octanol–water partition coefficient (Wildman–Crippen LogP) is 5.10. The summed E-state index contributed by atoms with van der Waals surface area (Å²) >= 11 is 1.69. The number of hydrogen-bond acceptors (Lipinski definition) is 4. The van der Waals surface area contributed by atoms with Crippen molar-refractivity contribution in [1.29, 1.82) is 0 Å². The minimum atomic E-state index is -4.63. The van der Waals surface area contributed by atoms with E-state index in [-0.39, 0.29) is 17.2 Å². The minimum absolute atomic E-state index is 0.0992. The van der Waals surface area contributed by atoms with Crippen LogP contribution in [0.1, 0.15) is 36.7 Å². The minimum Gasteiger partial charge on any atom is -0.380 e. The number of halogens is 3. The zero-order valence-corrected chi connectivity index (χ0v) is 19.8. The van der Waals surface area contributed by atoms with Crippen LogP contribution in [-0.2, 0) is 11.8 Å². The summed E-state index contributed by atoms with van der Waals surface area (Å²) in [6.07, 6.45) is -2.36. The molecule has 2 amide bonds. The van der Waals surface area contributed by atoms with Crippen molar-refractivity contribution >= 4 is 23.5 Å². The Morgan fingerprint density at radius 2 is 1.91 bits per heavy atom. The van der Waals surface area contributed by atoms with Crippen LogP contribution in [0.3, 0.4) is 0 Å². The summed E-state index contributed by atoms with van der Waals surface area (Å²) in [5, 5.41) is 3.45. The second-order valence-electron chi connectivity index (χ2n) is 9.19. The number of pyridine rings is 1. The van der Waals surface area contributed by atoms with Crippen LogP contribution in [0.2, 0.25) is 0 Å². The van der Waals surface area contributed by atoms with E-state index < -0.39 is 18.2 Å². The number of carbonyl (C=O) groups is 1. The van der Waals surface area contributed by atoms with Gasteiger partial charge in [0.2, 0.25) is 0 Å². The number of nitrogens with one attached hydrogen (secondary N) is 1. The van der Waals surface area contributed by atoms with E-state index in [0.29, 0.717) is 18.8 Å². The highest BCUT2D eigenvalue weighted by Gasteiger charge is 2.47. The number of rotatable bonds is 4. The molecule has 2 heterocycles. The average Bonchev–Trinajstić information content (AvgIpc) is 3.04. The lowest BCUT2D eigenvalue weighted by molar-refractivity contribution is -0.177. The Kier molecular flexibility index (Phi) is 6.53. The standard InChI is InChI=1S/C24H29F3N4OS/c1-23(2)18-7-5-4-6-16(18)14-20(23)29-17-8-9-19(28-15-17)21(24(25,26)27)30(3)22(32)31-10-12-33-13-11-31/h4-9,15,20-21,29H,10-14H2,1-3H3. The Hall–Kier alpha value is -2.42. The zero-order valence-electron chi connectivity index (χ0n) is 19.0. The number of urea groups is 1. The first-order valence-electron chi connectivity index (χ1n) is 11.1. The molecule has 0 saturated carbocycles. The van der Waals surface area contributed by atoms with Crippen molar-refractivity contribution in [3.05, 3.63) is 59.4 Å². The Bertz CT molecular complexity index is 990. The maximum absolute atomic E-state index is 14.0. The molecule has 2 aliphatic rings. The van der Waals surface area contributed by atoms with Gasteiger partial charge in [-0.25, -0.2) is 4.79 Å². The zero-order chi connectivity index (χ0) is 23.8. The fourth-order valence-electron chi connectivity index (χ4n) is 4.75. The molecule has 1 aromatic heterocycles. The van der Waals surface area contributed by atoms with Crippen molar-refractivity contribution in [2.24, 2.45) is 0 Å². The van der Waals surface area contributed by atoms with Gasteiger partial charge in [0.25, 0.3) is 0 Å². The second kappa shape index (κ2) is 9.08. The average molecular weight is 479 g/mol. The number of nitrogens with zero attached hydrogens (tertiary/aromatic N) is 3. The number of hydrogen-bond donors (Lipinski definition) is 1. The number of fused-ring (bicyclic) bond motifs is 1. The van der Waals surface area contributed by atoms with Gasteiger partial charge in [-0.1, -0.05) is 38.1 Å². The lowest BCUT2D eigenvalue weighted by Crippen LogP contribution is -2.49. The van der Waals surface area contributed by atoms with Crippen molar-refractivity contribution in [3.63, 3.8) is 0 Å². The molecule has 33 heavy (non-hydrogen) atoms. The molecular formula is C24H29F3N4OS. The van der Waals surface area contributed by atoms with Crippen LogP contribution in [0.15, 0.2) is 42.6 Å². The molecule has 0 spiro atoms. The number of amides is 2. The highest BCUT2D eigenvalue weighted by molar-refractivity contribution is 7.99. The van der Waals surface area contributed by atoms with Crippen LogP contribution in [0.5, 0.6) is 0 Å². The summed E-state index contributed by atoms with van der Waals surface area (Å²) in [4.78, 5) is 19.1. The van der Waals surface area contributed by atoms with Gasteiger partial charge >= 0.3 is 12.2 Å². The molecule has 178 valence electrons. The van der Waals surface area contributed by atoms with Crippen molar-refractivity contribution in [1.82, 2.24) is 14.8 Å². The van der Waals surface area contributed by atoms with Crippen LogP contribution in [0.25, 0.3) is 0 Å². The molecule has 2 aromatic rings. The van der Waals surface area contributed by atoms with Gasteiger partial charge in [-0.15, -0.1) is 0 Å². The van der Waals surface area contributed by atoms with Crippen molar-refractivity contribution in [2.75, 3.05) is 37.0 Å². The molecule has 0 radical (unpaired) electrons. The Morgan fingerprint density at radius 3 is 2.52 bits per heavy atom. The SMILES string of the molecule is CN(C(=O)N1CCSCC1)C(c1ccc(NC2Cc3ccccc3C2(C)C)cn1)C(F)(F)F. The number of aromatic nitrogens is 1. The maximum Gasteiger partial charge on any atom is 0.414 e. The van der Waals surface area contributed by atoms with Crippen LogP contribution < -0.4 is 5.32 Å². The molecule has 1 aliphatic carbocycles. The van der Waals surface area contributed by atoms with Crippen molar-refractivity contribution < 1.29 is 18.0 Å². The maximum atomic E-state index is 14.0. The molecule has 5 nitrogen and oxygen atoms in total. The molecule has 1 saturated heterocycles. The molecule has 4 rings (SSSR count). The summed E-state index contributed by atoms with van der Waals surface area (Å²) in [5.41, 5.74) is 2.90. The Morgan fingerprint density at radius 1 is 1.21 bits per heavy atom. The van der Waals surface area contributed by atoms with Crippen LogP contribution >= 0.6 is 11.8 Å². The molecule has 1 aromatic carbocycles. The second-order valence-corrected chi connectivity index (χ2v) is 10.4. The lowest BCUT2D eigenvalue weighted by Gasteiger charge is -2.35. The molecular weight excluding hydrogens is 449 g/mol. The van der Waals surface area contributed by atoms with Gasteiger partial charge in [0.1, 0.15) is 0 Å². The van der Waals surface area contributed by atoms with E-state index in [1.807, 2.05) is 12.1 Å². The van der Waals surface area contributed by atoms with Gasteiger partial charge in [-0.3, -0.25) is 4.98 Å². The van der Waals surface area contributed by atoms with E-state index in [0.717, 1.165) is 22.8 Å². The number of thioether (sulfide) groups is 1. The Labute approximate surface area is 196 Å². The van der Waals surface area contributed by atoms with Crippen molar-refractivity contribution in [3.8, 4) is 0 Å². The number of carbonyl (C=O) groups excluding carboxylic acids is 1. The first-order chi connectivity index (χ1) is 15.6. The van der Waals surface area contributed by atoms with E-state index in [1.165, 1.54) is 35.3 Å². The summed E-state index contributed by atoms with van der Waals surface area (Å²) in [6, 6.07) is 8.65. The highest BCUT2D eigenvalue weighted by Crippen LogP contribution is 2.40. The topological polar surface area (TPSA) is 48.5 Å². The van der Waals surface area contributed by atoms with Crippen LogP contribution in [0, 0.1) is 0 Å². The van der Waals surface area contributed by atoms with E-state index in [2.05, 4.69) is 36.3 Å². The normalized spacial score (nSPS) is 20.8. The largest absolute Gasteiger partial charge is 0.414 e. The third-order valence-corrected chi connectivity index (χ3v) is 7.64. The van der Waals surface area contributed by atoms with Gasteiger partial charge in [0, 0.05) is 43.1 Å². The highest BCUT2D eigenvalue weighted by atomic mass is 32.2. The molecule has 1 fully saturated rings. The number of anilines is 1. The number of alkyl halides is 3. The third kappa shape index (κ3) is 4.78. The Balaban J connectivity index is 1.51. The van der Waals surface area contributed by atoms with E-state index in [1.54, 1.807) is 17.8 Å². The van der Waals surface area contributed by atoms with Crippen LogP contribution in [-0.4, -0.2) is 64.7 Å². The molecule has 2 unspecified atom stereocenters. The van der Waals surface area contributed by atoms with Gasteiger partial charge < -0.3 is 15.1 Å². The van der Waals surface area contributed by atoms with Gasteiger partial charge in [0.05, 0.1) is 17.6 Å². The molecule has 1 N–H and O–H groups in total. The first-order valence-corrected chi connectivity index (χ1v) is 12.2. The molecule has 2 atom stereocenters. The predicted molar refractivity (Wildman–Crippen MR) is 126 cm³/mol. The van der Waals surface area contributed by atoms with Crippen molar-refractivity contribution in [2.45, 2.75) is 43.9 Å². The summed E-state index contributed by atoms with van der Waals surface area (Å²) in [5.74, 6) is 1.46. The van der Waals surface area contributed by atoms with E-state index >= 15 is 0 Å². The smallest absolute Gasteiger partial charge is 0.380 e.